The van der Waals surface area contributed by atoms with Crippen molar-refractivity contribution >= 4 is 49.6 Å². The quantitative estimate of drug-likeness (QED) is 0.177. The minimum atomic E-state index is -0.248. The molecule has 0 saturated heterocycles. The number of hydrogen-bond donors (Lipinski definition) is 0. The van der Waals surface area contributed by atoms with Gasteiger partial charge >= 0.3 is 0 Å². The van der Waals surface area contributed by atoms with Crippen molar-refractivity contribution in [1.82, 2.24) is 4.57 Å². The fourth-order valence-electron chi connectivity index (χ4n) is 9.43. The smallest absolute Gasteiger partial charge is 0.123 e. The Kier molecular flexibility index (Phi) is 6.26. The maximum absolute atomic E-state index is 14.2. The van der Waals surface area contributed by atoms with Crippen molar-refractivity contribution in [3.05, 3.63) is 194 Å². The van der Waals surface area contributed by atoms with Crippen molar-refractivity contribution in [1.29, 1.82) is 0 Å². The molecule has 55 heavy (non-hydrogen) atoms. The van der Waals surface area contributed by atoms with E-state index in [0.29, 0.717) is 0 Å². The van der Waals surface area contributed by atoms with Crippen LogP contribution in [0, 0.1) is 5.82 Å². The number of hydrogen-bond acceptors (Lipinski definition) is 1. The molecule has 2 aliphatic carbocycles. The van der Waals surface area contributed by atoms with Crippen molar-refractivity contribution in [2.45, 2.75) is 0 Å². The van der Waals surface area contributed by atoms with E-state index in [1.807, 2.05) is 12.1 Å². The lowest BCUT2D eigenvalue weighted by Crippen LogP contribution is -2.11. The van der Waals surface area contributed by atoms with Crippen molar-refractivity contribution < 1.29 is 4.39 Å². The molecule has 2 nitrogen and oxygen atoms in total. The minimum Gasteiger partial charge on any atom is -0.310 e. The molecule has 1 aromatic heterocycles. The Morgan fingerprint density at radius 2 is 0.909 bits per heavy atom. The van der Waals surface area contributed by atoms with E-state index in [4.69, 9.17) is 0 Å². The number of nitrogens with zero attached hydrogens (tertiary/aromatic N) is 2. The number of benzene rings is 9. The molecule has 0 N–H and O–H groups in total. The highest BCUT2D eigenvalue weighted by atomic mass is 19.1. The summed E-state index contributed by atoms with van der Waals surface area (Å²) in [5, 5.41) is 4.66. The van der Waals surface area contributed by atoms with Crippen LogP contribution in [-0.2, 0) is 0 Å². The normalized spacial score (nSPS) is 12.1. The van der Waals surface area contributed by atoms with E-state index < -0.39 is 0 Å². The molecule has 0 spiro atoms. The number of rotatable bonds is 4. The SMILES string of the molecule is Fc1ccc(-n2c3ccccc3c3ccc(N(c4ccc5c(c4)-c4c6cccc4-c4cccc-5c4-c4ccccc4-6)c4cccc5ccccc45)cc32)cc1. The van der Waals surface area contributed by atoms with Crippen LogP contribution in [-0.4, -0.2) is 4.57 Å². The molecule has 12 rings (SSSR count). The highest BCUT2D eigenvalue weighted by Gasteiger charge is 2.31. The summed E-state index contributed by atoms with van der Waals surface area (Å²) < 4.78 is 16.5. The zero-order chi connectivity index (χ0) is 36.2. The van der Waals surface area contributed by atoms with Crippen LogP contribution in [0.2, 0.25) is 0 Å². The van der Waals surface area contributed by atoms with Gasteiger partial charge < -0.3 is 9.47 Å². The summed E-state index contributed by atoms with van der Waals surface area (Å²) in [5.41, 5.74) is 18.9. The second kappa shape index (κ2) is 11.4. The highest BCUT2D eigenvalue weighted by molar-refractivity contribution is 6.16. The number of fused-ring (bicyclic) bond motifs is 8. The third-order valence-electron chi connectivity index (χ3n) is 11.7. The number of halogens is 1. The minimum absolute atomic E-state index is 0.248. The van der Waals surface area contributed by atoms with Crippen LogP contribution in [0.4, 0.5) is 21.5 Å². The summed E-state index contributed by atoms with van der Waals surface area (Å²) in [6.07, 6.45) is 0. The average molecular weight is 703 g/mol. The number of aromatic nitrogens is 1. The van der Waals surface area contributed by atoms with Crippen LogP contribution < -0.4 is 4.90 Å². The van der Waals surface area contributed by atoms with Gasteiger partial charge in [0, 0.05) is 33.2 Å². The Labute approximate surface area is 317 Å². The van der Waals surface area contributed by atoms with Gasteiger partial charge in [-0.15, -0.1) is 0 Å². The average Bonchev–Trinajstić information content (AvgIpc) is 3.51. The van der Waals surface area contributed by atoms with E-state index in [2.05, 4.69) is 173 Å². The van der Waals surface area contributed by atoms with Gasteiger partial charge in [-0.05, 0) is 122 Å². The summed E-state index contributed by atoms with van der Waals surface area (Å²) in [7, 11) is 0. The van der Waals surface area contributed by atoms with E-state index >= 15 is 0 Å². The van der Waals surface area contributed by atoms with Crippen molar-refractivity contribution in [2.75, 3.05) is 4.90 Å². The summed E-state index contributed by atoms with van der Waals surface area (Å²) in [4.78, 5) is 2.41. The lowest BCUT2D eigenvalue weighted by Gasteiger charge is -2.29. The first kappa shape index (κ1) is 30.3. The maximum Gasteiger partial charge on any atom is 0.123 e. The molecule has 0 radical (unpaired) electrons. The molecule has 1 heterocycles. The van der Waals surface area contributed by atoms with Crippen molar-refractivity contribution in [3.8, 4) is 61.3 Å². The lowest BCUT2D eigenvalue weighted by atomic mass is 9.83. The standard InChI is InChI=1S/C52H31FN2/c53-33-22-24-34(25-23-33)55-49-20-6-5-14-40(49)41-29-27-36(31-50(41)55)54(48-21-7-11-32-10-1-2-12-37(32)48)35-26-28-39-44-17-9-18-45-46-19-8-16-43(52(46)47(39)30-35)38-13-3-4-15-42(38)51(44)45/h1-31H. The summed E-state index contributed by atoms with van der Waals surface area (Å²) in [5.74, 6) is -0.248. The molecule has 9 aromatic carbocycles. The van der Waals surface area contributed by atoms with Crippen molar-refractivity contribution in [2.24, 2.45) is 0 Å². The van der Waals surface area contributed by atoms with Gasteiger partial charge in [-0.3, -0.25) is 0 Å². The molecule has 0 saturated carbocycles. The first-order valence-corrected chi connectivity index (χ1v) is 18.8. The molecular formula is C52H31FN2. The van der Waals surface area contributed by atoms with Gasteiger partial charge in [0.1, 0.15) is 5.82 Å². The predicted octanol–water partition coefficient (Wildman–Crippen LogP) is 14.5. The second-order valence-corrected chi connectivity index (χ2v) is 14.6. The third kappa shape index (κ3) is 4.29. The van der Waals surface area contributed by atoms with Gasteiger partial charge in [0.05, 0.1) is 16.7 Å². The van der Waals surface area contributed by atoms with Gasteiger partial charge in [0.15, 0.2) is 0 Å². The zero-order valence-electron chi connectivity index (χ0n) is 29.7. The Morgan fingerprint density at radius 3 is 1.71 bits per heavy atom. The third-order valence-corrected chi connectivity index (χ3v) is 11.7. The van der Waals surface area contributed by atoms with Gasteiger partial charge in [0.25, 0.3) is 0 Å². The fourth-order valence-corrected chi connectivity index (χ4v) is 9.43. The summed E-state index contributed by atoms with van der Waals surface area (Å²) >= 11 is 0. The molecule has 3 heteroatoms. The maximum atomic E-state index is 14.2. The molecule has 10 aromatic rings. The lowest BCUT2D eigenvalue weighted by molar-refractivity contribution is 0.627. The van der Waals surface area contributed by atoms with E-state index in [1.165, 1.54) is 78.5 Å². The zero-order valence-corrected chi connectivity index (χ0v) is 29.7. The number of anilines is 3. The van der Waals surface area contributed by atoms with E-state index in [0.717, 1.165) is 44.6 Å². The van der Waals surface area contributed by atoms with Crippen molar-refractivity contribution in [3.63, 3.8) is 0 Å². The Hall–Kier alpha value is -7.23. The van der Waals surface area contributed by atoms with Gasteiger partial charge in [-0.25, -0.2) is 4.39 Å². The van der Waals surface area contributed by atoms with E-state index in [1.54, 1.807) is 0 Å². The Morgan fingerprint density at radius 1 is 0.364 bits per heavy atom. The van der Waals surface area contributed by atoms with Gasteiger partial charge in [-0.2, -0.15) is 0 Å². The molecule has 0 amide bonds. The molecule has 2 aliphatic rings. The molecule has 0 aliphatic heterocycles. The monoisotopic (exact) mass is 702 g/mol. The Balaban J connectivity index is 1.16. The first-order chi connectivity index (χ1) is 27.2. The molecule has 0 atom stereocenters. The number of para-hydroxylation sites is 1. The van der Waals surface area contributed by atoms with Crippen LogP contribution in [0.25, 0.3) is 93.9 Å². The Bertz CT molecular complexity index is 3200. The molecule has 0 unspecified atom stereocenters. The van der Waals surface area contributed by atoms with Gasteiger partial charge in [-0.1, -0.05) is 127 Å². The van der Waals surface area contributed by atoms with Crippen LogP contribution in [0.5, 0.6) is 0 Å². The largest absolute Gasteiger partial charge is 0.310 e. The molecular weight excluding hydrogens is 672 g/mol. The molecule has 256 valence electrons. The van der Waals surface area contributed by atoms with Crippen LogP contribution in [0.3, 0.4) is 0 Å². The first-order valence-electron chi connectivity index (χ1n) is 18.8. The van der Waals surface area contributed by atoms with E-state index in [9.17, 15) is 4.39 Å². The van der Waals surface area contributed by atoms with Crippen LogP contribution >= 0.6 is 0 Å². The predicted molar refractivity (Wildman–Crippen MR) is 227 cm³/mol. The fraction of sp³-hybridized carbons (Fsp3) is 0. The highest BCUT2D eigenvalue weighted by Crippen LogP contribution is 2.58. The second-order valence-electron chi connectivity index (χ2n) is 14.6. The topological polar surface area (TPSA) is 8.17 Å². The summed E-state index contributed by atoms with van der Waals surface area (Å²) in [6.45, 7) is 0. The summed E-state index contributed by atoms with van der Waals surface area (Å²) in [6, 6.07) is 66.7. The van der Waals surface area contributed by atoms with E-state index in [-0.39, 0.29) is 5.82 Å². The molecule has 6 bridgehead atoms. The van der Waals surface area contributed by atoms with Gasteiger partial charge in [0.2, 0.25) is 0 Å². The van der Waals surface area contributed by atoms with Crippen LogP contribution in [0.1, 0.15) is 0 Å². The van der Waals surface area contributed by atoms with Crippen LogP contribution in [0.15, 0.2) is 188 Å². The molecule has 0 fully saturated rings.